The molecule has 0 aromatic carbocycles. The zero-order valence-electron chi connectivity index (χ0n) is 6.64. The average molecular weight is 188 g/mol. The molecule has 2 nitrogen and oxygen atoms in total. The van der Waals surface area contributed by atoms with Gasteiger partial charge in [-0.25, -0.2) is 0 Å². The van der Waals surface area contributed by atoms with Crippen LogP contribution < -0.4 is 12.4 Å². The van der Waals surface area contributed by atoms with Gasteiger partial charge < -0.3 is 17.5 Å². The van der Waals surface area contributed by atoms with Crippen LogP contribution in [0.15, 0.2) is 0 Å². The van der Waals surface area contributed by atoms with E-state index in [2.05, 4.69) is 6.92 Å². The van der Waals surface area contributed by atoms with Gasteiger partial charge in [-0.3, -0.25) is 4.48 Å². The molecule has 10 heavy (non-hydrogen) atoms. The molecule has 0 radical (unpaired) electrons. The fourth-order valence-electron chi connectivity index (χ4n) is 0.683. The third-order valence-electron chi connectivity index (χ3n) is 1.38. The van der Waals surface area contributed by atoms with E-state index in [4.69, 9.17) is 16.7 Å². The maximum absolute atomic E-state index is 8.95. The van der Waals surface area contributed by atoms with E-state index in [0.29, 0.717) is 4.48 Å². The second-order valence-corrected chi connectivity index (χ2v) is 3.20. The van der Waals surface area contributed by atoms with Gasteiger partial charge in [0.1, 0.15) is 0 Å². The minimum atomic E-state index is -0.773. The Morgan fingerprint density at radius 1 is 1.50 bits per heavy atom. The zero-order chi connectivity index (χ0) is 7.49. The molecule has 1 N–H and O–H groups in total. The normalized spacial score (nSPS) is 14.1. The molecule has 0 heterocycles. The summed E-state index contributed by atoms with van der Waals surface area (Å²) in [4.78, 5) is 0. The van der Waals surface area contributed by atoms with Gasteiger partial charge in [0.25, 0.3) is 5.69 Å². The number of quaternary nitrogens is 1. The molecule has 1 unspecified atom stereocenters. The lowest BCUT2D eigenvalue weighted by Gasteiger charge is -2.30. The van der Waals surface area contributed by atoms with E-state index in [1.165, 1.54) is 0 Å². The maximum Gasteiger partial charge on any atom is 0.270 e. The van der Waals surface area contributed by atoms with E-state index in [1.54, 1.807) is 0 Å². The number of alkyl halides is 1. The van der Waals surface area contributed by atoms with E-state index in [9.17, 15) is 0 Å². The van der Waals surface area contributed by atoms with Gasteiger partial charge in [-0.1, -0.05) is 6.92 Å². The first-order valence-corrected chi connectivity index (χ1v) is 3.59. The average Bonchev–Trinajstić information content (AvgIpc) is 1.65. The zero-order valence-corrected chi connectivity index (χ0v) is 8.15. The van der Waals surface area contributed by atoms with Crippen molar-refractivity contribution in [2.24, 2.45) is 0 Å². The predicted molar refractivity (Wildman–Crippen MR) is 39.1 cm³/mol. The molecule has 0 spiro atoms. The van der Waals surface area contributed by atoms with E-state index < -0.39 is 5.69 Å². The molecule has 0 bridgehead atoms. The number of hydrogen-bond donors (Lipinski definition) is 1. The Morgan fingerprint density at radius 3 is 2.00 bits per heavy atom. The monoisotopic (exact) mass is 187 g/mol. The summed E-state index contributed by atoms with van der Waals surface area (Å²) in [5.41, 5.74) is -0.773. The molecule has 0 amide bonds. The molecular weight excluding hydrogens is 173 g/mol. The highest BCUT2D eigenvalue weighted by molar-refractivity contribution is 6.18. The number of aliphatic hydroxyl groups is 1. The summed E-state index contributed by atoms with van der Waals surface area (Å²) >= 11 is 5.48. The molecule has 0 aromatic rings. The van der Waals surface area contributed by atoms with Gasteiger partial charge in [0.15, 0.2) is 0 Å². The largest absolute Gasteiger partial charge is 1.00 e. The molecule has 0 aliphatic carbocycles. The van der Waals surface area contributed by atoms with Crippen molar-refractivity contribution in [3.05, 3.63) is 0 Å². The smallest absolute Gasteiger partial charge is 0.270 e. The Hall–Kier alpha value is 0.500. The van der Waals surface area contributed by atoms with Crippen LogP contribution in [0.2, 0.25) is 0 Å². The molecule has 64 valence electrons. The van der Waals surface area contributed by atoms with Crippen molar-refractivity contribution in [3.8, 4) is 0 Å². The van der Waals surface area contributed by atoms with Gasteiger partial charge in [-0.15, -0.1) is 0 Å². The standard InChI is InChI=1S/C6H15ClNO.ClH/c1-4-5-8(2,3)6(7)9;/h6,9H,4-5H2,1-3H3;1H/q+1;/p-1. The number of rotatable bonds is 3. The molecule has 0 saturated heterocycles. The van der Waals surface area contributed by atoms with Crippen molar-refractivity contribution in [3.63, 3.8) is 0 Å². The topological polar surface area (TPSA) is 20.2 Å². The summed E-state index contributed by atoms with van der Waals surface area (Å²) in [6.45, 7) is 2.98. The Bertz CT molecular complexity index is 85.8. The van der Waals surface area contributed by atoms with E-state index in [1.807, 2.05) is 14.1 Å². The van der Waals surface area contributed by atoms with E-state index in [0.717, 1.165) is 13.0 Å². The Balaban J connectivity index is 0. The number of aliphatic hydroxyl groups excluding tert-OH is 1. The summed E-state index contributed by atoms with van der Waals surface area (Å²) in [5, 5.41) is 8.95. The van der Waals surface area contributed by atoms with Gasteiger partial charge >= 0.3 is 0 Å². The van der Waals surface area contributed by atoms with Crippen molar-refractivity contribution in [2.45, 2.75) is 19.0 Å². The van der Waals surface area contributed by atoms with Crippen molar-refractivity contribution >= 4 is 11.6 Å². The van der Waals surface area contributed by atoms with Crippen LogP contribution >= 0.6 is 11.6 Å². The SMILES string of the molecule is CCC[N+](C)(C)C(O)Cl.[Cl-]. The molecule has 0 rings (SSSR count). The van der Waals surface area contributed by atoms with E-state index >= 15 is 0 Å². The second kappa shape index (κ2) is 5.19. The Morgan fingerprint density at radius 2 is 1.90 bits per heavy atom. The van der Waals surface area contributed by atoms with Crippen molar-refractivity contribution < 1.29 is 22.0 Å². The molecular formula is C6H15Cl2NO. The molecule has 0 saturated carbocycles. The van der Waals surface area contributed by atoms with Crippen LogP contribution in [0.3, 0.4) is 0 Å². The van der Waals surface area contributed by atoms with Crippen LogP contribution in [0.5, 0.6) is 0 Å². The van der Waals surface area contributed by atoms with Crippen LogP contribution in [0, 0.1) is 0 Å². The third-order valence-corrected chi connectivity index (χ3v) is 1.91. The van der Waals surface area contributed by atoms with Crippen LogP contribution in [0.1, 0.15) is 13.3 Å². The lowest BCUT2D eigenvalue weighted by molar-refractivity contribution is -0.922. The highest BCUT2D eigenvalue weighted by Gasteiger charge is 2.21. The van der Waals surface area contributed by atoms with Crippen molar-refractivity contribution in [1.29, 1.82) is 0 Å². The number of halogens is 2. The first kappa shape index (κ1) is 13.1. The summed E-state index contributed by atoms with van der Waals surface area (Å²) in [6, 6.07) is 0. The molecule has 1 atom stereocenters. The van der Waals surface area contributed by atoms with Gasteiger partial charge in [0.2, 0.25) is 0 Å². The summed E-state index contributed by atoms with van der Waals surface area (Å²) < 4.78 is 0.470. The molecule has 4 heteroatoms. The molecule has 0 aliphatic heterocycles. The van der Waals surface area contributed by atoms with Crippen LogP contribution in [0.25, 0.3) is 0 Å². The van der Waals surface area contributed by atoms with Crippen LogP contribution in [-0.2, 0) is 0 Å². The quantitative estimate of drug-likeness (QED) is 0.235. The van der Waals surface area contributed by atoms with Gasteiger partial charge in [0.05, 0.1) is 20.6 Å². The van der Waals surface area contributed by atoms with Crippen LogP contribution in [-0.4, -0.2) is 35.9 Å². The van der Waals surface area contributed by atoms with Gasteiger partial charge in [0, 0.05) is 0 Å². The third kappa shape index (κ3) is 4.34. The second-order valence-electron chi connectivity index (χ2n) is 2.81. The van der Waals surface area contributed by atoms with Gasteiger partial charge in [-0.2, -0.15) is 0 Å². The fraction of sp³-hybridized carbons (Fsp3) is 1.00. The Kier molecular flexibility index (Phi) is 6.81. The minimum Gasteiger partial charge on any atom is -1.00 e. The van der Waals surface area contributed by atoms with Crippen molar-refractivity contribution in [2.75, 3.05) is 20.6 Å². The lowest BCUT2D eigenvalue weighted by Crippen LogP contribution is -3.00. The maximum atomic E-state index is 8.95. The van der Waals surface area contributed by atoms with Crippen LogP contribution in [0.4, 0.5) is 0 Å². The molecule has 0 fully saturated rings. The summed E-state index contributed by atoms with van der Waals surface area (Å²) in [5.74, 6) is 0. The highest BCUT2D eigenvalue weighted by Crippen LogP contribution is 2.07. The molecule has 0 aromatic heterocycles. The summed E-state index contributed by atoms with van der Waals surface area (Å²) in [6.07, 6.45) is 1.04. The fourth-order valence-corrected chi connectivity index (χ4v) is 0.780. The first-order chi connectivity index (χ1) is 4.00. The highest BCUT2D eigenvalue weighted by atomic mass is 35.5. The first-order valence-electron chi connectivity index (χ1n) is 3.15. The number of hydrogen-bond acceptors (Lipinski definition) is 1. The summed E-state index contributed by atoms with van der Waals surface area (Å²) in [7, 11) is 3.81. The Labute approximate surface area is 73.8 Å². The number of nitrogens with zero attached hydrogens (tertiary/aromatic N) is 1. The van der Waals surface area contributed by atoms with Gasteiger partial charge in [-0.05, 0) is 18.0 Å². The van der Waals surface area contributed by atoms with E-state index in [-0.39, 0.29) is 12.4 Å². The lowest BCUT2D eigenvalue weighted by atomic mass is 10.4. The van der Waals surface area contributed by atoms with Crippen molar-refractivity contribution in [1.82, 2.24) is 0 Å². The molecule has 0 aliphatic rings. The predicted octanol–water partition coefficient (Wildman–Crippen LogP) is -2.01. The minimum absolute atomic E-state index is 0.